The van der Waals surface area contributed by atoms with Gasteiger partial charge in [0.25, 0.3) is 0 Å². The van der Waals surface area contributed by atoms with E-state index in [1.165, 1.54) is 18.5 Å². The monoisotopic (exact) mass is 179 g/mol. The number of hydrogen-bond acceptors (Lipinski definition) is 5. The van der Waals surface area contributed by atoms with Crippen molar-refractivity contribution in [1.29, 1.82) is 0 Å². The van der Waals surface area contributed by atoms with Crippen LogP contribution in [0.1, 0.15) is 9.67 Å². The smallest absolute Gasteiger partial charge is 0.142 e. The van der Waals surface area contributed by atoms with Gasteiger partial charge >= 0.3 is 0 Å². The zero-order valence-electron chi connectivity index (χ0n) is 5.85. The minimum Gasteiger partial charge on any atom is -0.544 e. The van der Waals surface area contributed by atoms with Gasteiger partial charge in [-0.2, -0.15) is 0 Å². The number of carbonyl (C=O) groups is 1. The Morgan fingerprint density at radius 3 is 2.83 bits per heavy atom. The molecule has 0 saturated heterocycles. The highest BCUT2D eigenvalue weighted by Crippen LogP contribution is 2.20. The molecule has 0 atom stereocenters. The van der Waals surface area contributed by atoms with Gasteiger partial charge in [-0.05, 0) is 6.07 Å². The van der Waals surface area contributed by atoms with Crippen LogP contribution in [0.5, 0.6) is 0 Å². The van der Waals surface area contributed by atoms with Gasteiger partial charge in [0.1, 0.15) is 10.3 Å². The summed E-state index contributed by atoms with van der Waals surface area (Å²) >= 11 is 1.07. The number of aromatic nitrogens is 2. The predicted molar refractivity (Wildman–Crippen MR) is 41.7 cm³/mol. The maximum Gasteiger partial charge on any atom is 0.142 e. The normalized spacial score (nSPS) is 10.3. The molecule has 0 saturated carbocycles. The van der Waals surface area contributed by atoms with E-state index >= 15 is 0 Å². The van der Waals surface area contributed by atoms with Crippen LogP contribution in [0.25, 0.3) is 10.3 Å². The van der Waals surface area contributed by atoms with Crippen LogP contribution in [0.2, 0.25) is 0 Å². The molecule has 0 bridgehead atoms. The zero-order chi connectivity index (χ0) is 8.55. The Hall–Kier alpha value is -1.49. The van der Waals surface area contributed by atoms with Gasteiger partial charge in [-0.25, -0.2) is 4.98 Å². The summed E-state index contributed by atoms with van der Waals surface area (Å²) in [6, 6.07) is 1.46. The summed E-state index contributed by atoms with van der Waals surface area (Å²) < 4.78 is 0. The van der Waals surface area contributed by atoms with E-state index in [4.69, 9.17) is 0 Å². The third-order valence-electron chi connectivity index (χ3n) is 1.37. The molecule has 0 aromatic carbocycles. The number of thiophene rings is 1. The van der Waals surface area contributed by atoms with Crippen molar-refractivity contribution in [3.05, 3.63) is 23.3 Å². The second-order valence-corrected chi connectivity index (χ2v) is 3.18. The molecule has 0 radical (unpaired) electrons. The molecule has 2 aromatic rings. The van der Waals surface area contributed by atoms with Crippen molar-refractivity contribution in [1.82, 2.24) is 9.97 Å². The topological polar surface area (TPSA) is 65.9 Å². The Kier molecular flexibility index (Phi) is 1.51. The lowest BCUT2D eigenvalue weighted by molar-refractivity contribution is -0.254. The van der Waals surface area contributed by atoms with E-state index in [1.54, 1.807) is 0 Å². The van der Waals surface area contributed by atoms with Crippen molar-refractivity contribution in [3.8, 4) is 0 Å². The molecule has 0 N–H and O–H groups in total. The molecule has 2 heterocycles. The molecule has 12 heavy (non-hydrogen) atoms. The van der Waals surface area contributed by atoms with E-state index in [9.17, 15) is 9.90 Å². The van der Waals surface area contributed by atoms with Crippen molar-refractivity contribution >= 4 is 27.7 Å². The van der Waals surface area contributed by atoms with Crippen molar-refractivity contribution in [2.24, 2.45) is 0 Å². The van der Waals surface area contributed by atoms with Crippen LogP contribution < -0.4 is 5.11 Å². The third kappa shape index (κ3) is 1.04. The number of rotatable bonds is 1. The van der Waals surface area contributed by atoms with Gasteiger partial charge in [0, 0.05) is 12.4 Å². The third-order valence-corrected chi connectivity index (χ3v) is 2.38. The SMILES string of the molecule is O=C([O-])c1cc2nccnc2s1. The summed E-state index contributed by atoms with van der Waals surface area (Å²) in [6.45, 7) is 0. The van der Waals surface area contributed by atoms with E-state index in [2.05, 4.69) is 9.97 Å². The van der Waals surface area contributed by atoms with Crippen LogP contribution >= 0.6 is 11.3 Å². The zero-order valence-corrected chi connectivity index (χ0v) is 6.67. The molecule has 5 heteroatoms. The molecular weight excluding hydrogens is 176 g/mol. The first-order valence-corrected chi connectivity index (χ1v) is 4.01. The van der Waals surface area contributed by atoms with Crippen LogP contribution in [0.15, 0.2) is 18.5 Å². The number of carboxylic acid groups (broad SMARTS) is 1. The summed E-state index contributed by atoms with van der Waals surface area (Å²) in [6.07, 6.45) is 3.05. The van der Waals surface area contributed by atoms with Crippen LogP contribution in [0, 0.1) is 0 Å². The number of carboxylic acids is 1. The Morgan fingerprint density at radius 2 is 2.17 bits per heavy atom. The standard InChI is InChI=1S/C7H4N2O2S/c10-7(11)5-3-4-6(12-5)9-2-1-8-4/h1-3H,(H,10,11)/p-1. The molecule has 0 aliphatic rings. The van der Waals surface area contributed by atoms with E-state index in [0.29, 0.717) is 10.3 Å². The number of carbonyl (C=O) groups excluding carboxylic acids is 1. The average Bonchev–Trinajstić information content (AvgIpc) is 2.46. The maximum absolute atomic E-state index is 10.4. The van der Waals surface area contributed by atoms with Gasteiger partial charge in [-0.15, -0.1) is 11.3 Å². The predicted octanol–water partition coefficient (Wildman–Crippen LogP) is 0.0548. The summed E-state index contributed by atoms with van der Waals surface area (Å²) in [7, 11) is 0. The number of nitrogens with zero attached hydrogens (tertiary/aromatic N) is 2. The highest BCUT2D eigenvalue weighted by atomic mass is 32.1. The van der Waals surface area contributed by atoms with Gasteiger partial charge < -0.3 is 9.90 Å². The largest absolute Gasteiger partial charge is 0.544 e. The first kappa shape index (κ1) is 7.17. The van der Waals surface area contributed by atoms with E-state index < -0.39 is 5.97 Å². The minimum absolute atomic E-state index is 0.163. The Balaban J connectivity index is 2.70. The second kappa shape index (κ2) is 2.53. The van der Waals surface area contributed by atoms with E-state index in [0.717, 1.165) is 11.3 Å². The molecule has 60 valence electrons. The van der Waals surface area contributed by atoms with Crippen molar-refractivity contribution < 1.29 is 9.90 Å². The summed E-state index contributed by atoms with van der Waals surface area (Å²) in [5, 5.41) is 10.4. The summed E-state index contributed by atoms with van der Waals surface area (Å²) in [4.78, 5) is 19.1. The fourth-order valence-corrected chi connectivity index (χ4v) is 1.66. The first-order chi connectivity index (χ1) is 5.77. The van der Waals surface area contributed by atoms with Gasteiger partial charge in [0.2, 0.25) is 0 Å². The summed E-state index contributed by atoms with van der Waals surface area (Å²) in [5.41, 5.74) is 0.599. The number of aromatic carboxylic acids is 1. The molecule has 2 aromatic heterocycles. The van der Waals surface area contributed by atoms with Gasteiger partial charge in [0.15, 0.2) is 0 Å². The fraction of sp³-hybridized carbons (Fsp3) is 0. The molecule has 0 aliphatic heterocycles. The lowest BCUT2D eigenvalue weighted by Gasteiger charge is -1.91. The Labute approximate surface area is 71.5 Å². The van der Waals surface area contributed by atoms with Crippen molar-refractivity contribution in [2.45, 2.75) is 0 Å². The molecule has 0 spiro atoms. The van der Waals surface area contributed by atoms with Crippen molar-refractivity contribution in [2.75, 3.05) is 0 Å². The fourth-order valence-electron chi connectivity index (χ4n) is 0.872. The quantitative estimate of drug-likeness (QED) is 0.620. The highest BCUT2D eigenvalue weighted by Gasteiger charge is 2.02. The van der Waals surface area contributed by atoms with Crippen LogP contribution in [0.4, 0.5) is 0 Å². The van der Waals surface area contributed by atoms with E-state index in [-0.39, 0.29) is 4.88 Å². The molecular formula is C7H3N2O2S-. The Morgan fingerprint density at radius 1 is 1.42 bits per heavy atom. The average molecular weight is 179 g/mol. The molecule has 0 unspecified atom stereocenters. The minimum atomic E-state index is -1.18. The number of hydrogen-bond donors (Lipinski definition) is 0. The van der Waals surface area contributed by atoms with E-state index in [1.807, 2.05) is 0 Å². The lowest BCUT2D eigenvalue weighted by atomic mass is 10.4. The molecule has 4 nitrogen and oxygen atoms in total. The maximum atomic E-state index is 10.4. The molecule has 0 amide bonds. The van der Waals surface area contributed by atoms with Gasteiger partial charge in [-0.1, -0.05) is 0 Å². The molecule has 0 fully saturated rings. The molecule has 0 aliphatic carbocycles. The summed E-state index contributed by atoms with van der Waals surface area (Å²) in [5.74, 6) is -1.18. The second-order valence-electron chi connectivity index (χ2n) is 2.14. The Bertz CT molecular complexity index is 405. The van der Waals surface area contributed by atoms with Crippen LogP contribution in [0.3, 0.4) is 0 Å². The first-order valence-electron chi connectivity index (χ1n) is 3.19. The highest BCUT2D eigenvalue weighted by molar-refractivity contribution is 7.20. The van der Waals surface area contributed by atoms with Gasteiger partial charge in [0.05, 0.1) is 10.8 Å². The van der Waals surface area contributed by atoms with Crippen LogP contribution in [-0.2, 0) is 0 Å². The lowest BCUT2D eigenvalue weighted by Crippen LogP contribution is -2.20. The van der Waals surface area contributed by atoms with Gasteiger partial charge in [-0.3, -0.25) is 4.98 Å². The number of fused-ring (bicyclic) bond motifs is 1. The van der Waals surface area contributed by atoms with Crippen molar-refractivity contribution in [3.63, 3.8) is 0 Å². The van der Waals surface area contributed by atoms with Crippen LogP contribution in [-0.4, -0.2) is 15.9 Å². The molecule has 2 rings (SSSR count).